The predicted molar refractivity (Wildman–Crippen MR) is 123 cm³/mol. The third kappa shape index (κ3) is 6.35. The number of benzene rings is 2. The predicted octanol–water partition coefficient (Wildman–Crippen LogP) is 3.35. The van der Waals surface area contributed by atoms with Crippen molar-refractivity contribution < 1.29 is 33.4 Å². The van der Waals surface area contributed by atoms with Crippen LogP contribution in [-0.4, -0.2) is 47.1 Å². The van der Waals surface area contributed by atoms with Crippen LogP contribution in [0.4, 0.5) is 5.69 Å². The summed E-state index contributed by atoms with van der Waals surface area (Å²) >= 11 is 0. The molecule has 178 valence electrons. The second-order valence-corrected chi connectivity index (χ2v) is 8.00. The highest BCUT2D eigenvalue weighted by molar-refractivity contribution is 6.39. The minimum absolute atomic E-state index is 0.118. The highest BCUT2D eigenvalue weighted by Crippen LogP contribution is 2.32. The van der Waals surface area contributed by atoms with Crippen molar-refractivity contribution in [2.24, 2.45) is 0 Å². The minimum Gasteiger partial charge on any atom is -0.496 e. The van der Waals surface area contributed by atoms with Crippen molar-refractivity contribution in [2.45, 2.75) is 25.8 Å². The van der Waals surface area contributed by atoms with E-state index in [0.29, 0.717) is 34.9 Å². The molecule has 2 aromatic carbocycles. The molecule has 10 heteroatoms. The lowest BCUT2D eigenvalue weighted by Crippen LogP contribution is -2.48. The van der Waals surface area contributed by atoms with Gasteiger partial charge in [0.05, 0.1) is 31.0 Å². The van der Waals surface area contributed by atoms with E-state index in [9.17, 15) is 14.4 Å². The fourth-order valence-electron chi connectivity index (χ4n) is 3.08. The van der Waals surface area contributed by atoms with Gasteiger partial charge in [0.2, 0.25) is 0 Å². The van der Waals surface area contributed by atoms with Gasteiger partial charge in [-0.1, -0.05) is 6.07 Å². The van der Waals surface area contributed by atoms with Crippen LogP contribution in [0.3, 0.4) is 0 Å². The molecule has 0 aliphatic carbocycles. The molecule has 3 aromatic rings. The number of methoxy groups -OCH3 is 1. The Labute approximate surface area is 195 Å². The molecule has 3 rings (SSSR count). The number of ether oxygens (including phenoxy) is 2. The molecule has 1 heterocycles. The number of anilines is 1. The van der Waals surface area contributed by atoms with Crippen LogP contribution in [0.15, 0.2) is 59.5 Å². The largest absolute Gasteiger partial charge is 0.496 e. The summed E-state index contributed by atoms with van der Waals surface area (Å²) in [7, 11) is 1.48. The number of carbonyl (C=O) groups excluding carboxylic acids is 2. The first kappa shape index (κ1) is 24.3. The monoisotopic (exact) mass is 467 g/mol. The lowest BCUT2D eigenvalue weighted by Gasteiger charge is -2.26. The van der Waals surface area contributed by atoms with Gasteiger partial charge in [-0.05, 0) is 44.2 Å². The molecule has 0 aliphatic rings. The van der Waals surface area contributed by atoms with E-state index in [-0.39, 0.29) is 12.2 Å². The number of rotatable bonds is 9. The molecule has 0 saturated heterocycles. The van der Waals surface area contributed by atoms with Crippen molar-refractivity contribution in [1.82, 2.24) is 10.3 Å². The average Bonchev–Trinajstić information content (AvgIpc) is 3.33. The highest BCUT2D eigenvalue weighted by atomic mass is 16.5. The summed E-state index contributed by atoms with van der Waals surface area (Å²) in [6.45, 7) is 3.72. The zero-order valence-corrected chi connectivity index (χ0v) is 19.0. The molecule has 0 unspecified atom stereocenters. The van der Waals surface area contributed by atoms with Gasteiger partial charge in [0.1, 0.15) is 11.5 Å². The lowest BCUT2D eigenvalue weighted by atomic mass is 10.0. The van der Waals surface area contributed by atoms with Gasteiger partial charge < -0.3 is 29.6 Å². The third-order valence-corrected chi connectivity index (χ3v) is 4.89. The lowest BCUT2D eigenvalue weighted by molar-refractivity contribution is -0.137. The fourth-order valence-corrected chi connectivity index (χ4v) is 3.08. The second kappa shape index (κ2) is 10.5. The molecular weight excluding hydrogens is 442 g/mol. The van der Waals surface area contributed by atoms with E-state index in [2.05, 4.69) is 15.6 Å². The van der Waals surface area contributed by atoms with E-state index < -0.39 is 23.3 Å². The second-order valence-electron chi connectivity index (χ2n) is 8.00. The summed E-state index contributed by atoms with van der Waals surface area (Å²) in [5.41, 5.74) is 0.386. The SMILES string of the molecule is COc1cc(NC(=O)C(=O)NC(C)(C)CCOc2cccc(C(=O)O)c2)ccc1-c1cnco1. The number of aromatic carboxylic acids is 1. The Morgan fingerprint density at radius 2 is 1.91 bits per heavy atom. The van der Waals surface area contributed by atoms with Crippen molar-refractivity contribution >= 4 is 23.5 Å². The molecule has 3 N–H and O–H groups in total. The van der Waals surface area contributed by atoms with Crippen LogP contribution in [0, 0.1) is 0 Å². The number of hydrogen-bond donors (Lipinski definition) is 3. The topological polar surface area (TPSA) is 140 Å². The van der Waals surface area contributed by atoms with Crippen molar-refractivity contribution in [3.63, 3.8) is 0 Å². The number of amides is 2. The molecule has 0 fully saturated rings. The van der Waals surface area contributed by atoms with Gasteiger partial charge in [0.15, 0.2) is 12.2 Å². The number of oxazole rings is 1. The maximum atomic E-state index is 12.4. The third-order valence-electron chi connectivity index (χ3n) is 4.89. The quantitative estimate of drug-likeness (QED) is 0.407. The maximum absolute atomic E-state index is 12.4. The van der Waals surface area contributed by atoms with Crippen LogP contribution >= 0.6 is 0 Å². The van der Waals surface area contributed by atoms with E-state index >= 15 is 0 Å². The molecule has 1 aromatic heterocycles. The molecule has 0 radical (unpaired) electrons. The van der Waals surface area contributed by atoms with E-state index in [1.54, 1.807) is 44.2 Å². The summed E-state index contributed by atoms with van der Waals surface area (Å²) in [4.78, 5) is 39.8. The molecule has 2 amide bonds. The summed E-state index contributed by atoms with van der Waals surface area (Å²) in [5, 5.41) is 14.3. The van der Waals surface area contributed by atoms with Gasteiger partial charge in [-0.3, -0.25) is 9.59 Å². The summed E-state index contributed by atoms with van der Waals surface area (Å²) in [6.07, 6.45) is 3.22. The Morgan fingerprint density at radius 3 is 2.59 bits per heavy atom. The van der Waals surface area contributed by atoms with Crippen molar-refractivity contribution in [2.75, 3.05) is 19.0 Å². The zero-order chi connectivity index (χ0) is 24.7. The first-order valence-electron chi connectivity index (χ1n) is 10.3. The van der Waals surface area contributed by atoms with Crippen molar-refractivity contribution in [3.05, 3.63) is 60.6 Å². The van der Waals surface area contributed by atoms with Crippen molar-refractivity contribution in [1.29, 1.82) is 0 Å². The Balaban J connectivity index is 1.54. The zero-order valence-electron chi connectivity index (χ0n) is 19.0. The number of hydrogen-bond acceptors (Lipinski definition) is 7. The number of aromatic nitrogens is 1. The van der Waals surface area contributed by atoms with Gasteiger partial charge >= 0.3 is 17.8 Å². The maximum Gasteiger partial charge on any atom is 0.335 e. The van der Waals surface area contributed by atoms with Gasteiger partial charge in [0.25, 0.3) is 0 Å². The summed E-state index contributed by atoms with van der Waals surface area (Å²) in [6, 6.07) is 11.0. The summed E-state index contributed by atoms with van der Waals surface area (Å²) < 4.78 is 16.2. The fraction of sp³-hybridized carbons (Fsp3) is 0.250. The first-order chi connectivity index (χ1) is 16.2. The van der Waals surface area contributed by atoms with E-state index in [1.165, 1.54) is 31.8 Å². The Bertz CT molecular complexity index is 1170. The van der Waals surface area contributed by atoms with Crippen LogP contribution in [0.5, 0.6) is 11.5 Å². The molecule has 0 saturated carbocycles. The Morgan fingerprint density at radius 1 is 1.12 bits per heavy atom. The molecule has 10 nitrogen and oxygen atoms in total. The van der Waals surface area contributed by atoms with Crippen LogP contribution in [0.1, 0.15) is 30.6 Å². The Hall–Kier alpha value is -4.34. The van der Waals surface area contributed by atoms with Crippen LogP contribution in [-0.2, 0) is 9.59 Å². The van der Waals surface area contributed by atoms with Gasteiger partial charge in [-0.15, -0.1) is 0 Å². The molecule has 0 aliphatic heterocycles. The first-order valence-corrected chi connectivity index (χ1v) is 10.3. The van der Waals surface area contributed by atoms with Crippen molar-refractivity contribution in [3.8, 4) is 22.8 Å². The number of nitrogens with one attached hydrogen (secondary N) is 2. The van der Waals surface area contributed by atoms with E-state index in [0.717, 1.165) is 0 Å². The van der Waals surface area contributed by atoms with Crippen LogP contribution in [0.2, 0.25) is 0 Å². The summed E-state index contributed by atoms with van der Waals surface area (Å²) in [5.74, 6) is -1.34. The molecule has 0 atom stereocenters. The molecule has 0 spiro atoms. The van der Waals surface area contributed by atoms with Crippen LogP contribution in [0.25, 0.3) is 11.3 Å². The normalized spacial score (nSPS) is 10.9. The number of nitrogens with zero attached hydrogens (tertiary/aromatic N) is 1. The minimum atomic E-state index is -1.05. The van der Waals surface area contributed by atoms with E-state index in [4.69, 9.17) is 19.0 Å². The van der Waals surface area contributed by atoms with E-state index in [1.807, 2.05) is 0 Å². The number of carboxylic acids is 1. The van der Waals surface area contributed by atoms with Gasteiger partial charge in [0, 0.05) is 23.7 Å². The van der Waals surface area contributed by atoms with Crippen LogP contribution < -0.4 is 20.1 Å². The smallest absolute Gasteiger partial charge is 0.335 e. The standard InChI is InChI=1S/C24H25N3O7/c1-24(2,9-10-33-17-6-4-5-15(11-17)23(30)31)27-22(29)21(28)26-16-7-8-18(19(12-16)32-3)20-13-25-14-34-20/h4-8,11-14H,9-10H2,1-3H3,(H,26,28)(H,27,29)(H,30,31). The highest BCUT2D eigenvalue weighted by Gasteiger charge is 2.25. The molecular formula is C24H25N3O7. The molecule has 0 bridgehead atoms. The van der Waals surface area contributed by atoms with Gasteiger partial charge in [-0.25, -0.2) is 9.78 Å². The number of carboxylic acid groups (broad SMARTS) is 1. The molecule has 34 heavy (non-hydrogen) atoms. The average molecular weight is 467 g/mol. The Kier molecular flexibility index (Phi) is 7.52. The number of carbonyl (C=O) groups is 3. The van der Waals surface area contributed by atoms with Gasteiger partial charge in [-0.2, -0.15) is 0 Å².